The molecule has 4 heteroatoms. The zero-order valence-electron chi connectivity index (χ0n) is 28.7. The van der Waals surface area contributed by atoms with Crippen LogP contribution >= 0.6 is 0 Å². The van der Waals surface area contributed by atoms with E-state index < -0.39 is 6.10 Å². The number of allylic oxidation sites excluding steroid dienone is 6. The average Bonchev–Trinajstić information content (AvgIpc) is 3.01. The van der Waals surface area contributed by atoms with Gasteiger partial charge in [-0.15, -0.1) is 0 Å². The summed E-state index contributed by atoms with van der Waals surface area (Å²) >= 11 is 0. The first kappa shape index (κ1) is 41.6. The van der Waals surface area contributed by atoms with Crippen LogP contribution in [0.25, 0.3) is 0 Å². The Labute approximate surface area is 268 Å². The van der Waals surface area contributed by atoms with Crippen LogP contribution in [-0.2, 0) is 14.3 Å². The van der Waals surface area contributed by atoms with E-state index in [4.69, 9.17) is 9.47 Å². The van der Waals surface area contributed by atoms with Crippen molar-refractivity contribution in [2.45, 2.75) is 187 Å². The average molecular weight is 605 g/mol. The standard InChI is InChI=1S/C39H72O4/c1-3-5-7-9-11-13-15-17-19-20-22-24-26-28-30-32-34-39(41)43-38(36-40)37-42-35-33-31-29-27-25-23-21-18-16-14-12-10-8-6-4-2/h13,15-16,18-20,38,40H,3-12,14,17,21-37H2,1-2H3/b15-13-,18-16-,20-19-. The zero-order valence-corrected chi connectivity index (χ0v) is 28.7. The van der Waals surface area contributed by atoms with E-state index in [1.54, 1.807) is 0 Å². The Balaban J connectivity index is 3.48. The lowest BCUT2D eigenvalue weighted by molar-refractivity contribution is -0.154. The third kappa shape index (κ3) is 35.0. The highest BCUT2D eigenvalue weighted by atomic mass is 16.6. The smallest absolute Gasteiger partial charge is 0.306 e. The van der Waals surface area contributed by atoms with Gasteiger partial charge in [-0.05, 0) is 70.6 Å². The van der Waals surface area contributed by atoms with Gasteiger partial charge in [0.1, 0.15) is 6.10 Å². The normalized spacial score (nSPS) is 12.7. The Kier molecular flexibility index (Phi) is 35.6. The van der Waals surface area contributed by atoms with Crippen LogP contribution in [0.2, 0.25) is 0 Å². The molecule has 0 saturated heterocycles. The largest absolute Gasteiger partial charge is 0.457 e. The van der Waals surface area contributed by atoms with Crippen LogP contribution in [0.1, 0.15) is 181 Å². The van der Waals surface area contributed by atoms with Crippen LogP contribution < -0.4 is 0 Å². The van der Waals surface area contributed by atoms with Gasteiger partial charge in [-0.25, -0.2) is 0 Å². The molecule has 1 unspecified atom stereocenters. The van der Waals surface area contributed by atoms with Crippen LogP contribution in [0.15, 0.2) is 36.5 Å². The highest BCUT2D eigenvalue weighted by Crippen LogP contribution is 2.11. The summed E-state index contributed by atoms with van der Waals surface area (Å²) < 4.78 is 11.1. The van der Waals surface area contributed by atoms with Crippen molar-refractivity contribution in [2.24, 2.45) is 0 Å². The topological polar surface area (TPSA) is 55.8 Å². The summed E-state index contributed by atoms with van der Waals surface area (Å²) in [7, 11) is 0. The number of carbonyl (C=O) groups excluding carboxylic acids is 1. The van der Waals surface area contributed by atoms with Crippen molar-refractivity contribution in [3.05, 3.63) is 36.5 Å². The second-order valence-electron chi connectivity index (χ2n) is 12.3. The predicted octanol–water partition coefficient (Wildman–Crippen LogP) is 11.8. The fraction of sp³-hybridized carbons (Fsp3) is 0.821. The molecule has 0 fully saturated rings. The number of hydrogen-bond acceptors (Lipinski definition) is 4. The second kappa shape index (κ2) is 36.8. The Morgan fingerprint density at radius 1 is 0.558 bits per heavy atom. The monoisotopic (exact) mass is 605 g/mol. The Hall–Kier alpha value is -1.39. The number of carbonyl (C=O) groups is 1. The van der Waals surface area contributed by atoms with Crippen molar-refractivity contribution in [3.8, 4) is 0 Å². The van der Waals surface area contributed by atoms with E-state index in [2.05, 4.69) is 50.3 Å². The Morgan fingerprint density at radius 3 is 1.49 bits per heavy atom. The highest BCUT2D eigenvalue weighted by molar-refractivity contribution is 5.69. The third-order valence-electron chi connectivity index (χ3n) is 7.94. The molecule has 0 bridgehead atoms. The summed E-state index contributed by atoms with van der Waals surface area (Å²) in [5.74, 6) is -0.217. The van der Waals surface area contributed by atoms with Crippen LogP contribution in [0, 0.1) is 0 Å². The summed E-state index contributed by atoms with van der Waals surface area (Å²) in [4.78, 5) is 12.1. The van der Waals surface area contributed by atoms with Gasteiger partial charge >= 0.3 is 5.97 Å². The van der Waals surface area contributed by atoms with Gasteiger partial charge in [0.25, 0.3) is 0 Å². The molecule has 1 N–H and O–H groups in total. The van der Waals surface area contributed by atoms with Gasteiger partial charge in [0.2, 0.25) is 0 Å². The SMILES string of the molecule is CCCCCC/C=C\C/C=C\CCCCCCCC(=O)OC(CO)COCCCCCCCC/C=C\CCCCCCC. The van der Waals surface area contributed by atoms with E-state index in [1.807, 2.05) is 0 Å². The zero-order chi connectivity index (χ0) is 31.3. The van der Waals surface area contributed by atoms with Gasteiger partial charge in [-0.3, -0.25) is 4.79 Å². The van der Waals surface area contributed by atoms with Crippen LogP contribution in [-0.4, -0.2) is 37.0 Å². The first-order chi connectivity index (χ1) is 21.2. The molecule has 0 aromatic carbocycles. The van der Waals surface area contributed by atoms with Crippen LogP contribution in [0.5, 0.6) is 0 Å². The fourth-order valence-corrected chi connectivity index (χ4v) is 5.12. The maximum absolute atomic E-state index is 12.1. The van der Waals surface area contributed by atoms with E-state index in [1.165, 1.54) is 122 Å². The predicted molar refractivity (Wildman–Crippen MR) is 187 cm³/mol. The van der Waals surface area contributed by atoms with Gasteiger partial charge in [-0.2, -0.15) is 0 Å². The lowest BCUT2D eigenvalue weighted by Crippen LogP contribution is -2.27. The van der Waals surface area contributed by atoms with Crippen molar-refractivity contribution >= 4 is 5.97 Å². The first-order valence-corrected chi connectivity index (χ1v) is 18.6. The lowest BCUT2D eigenvalue weighted by atomic mass is 10.1. The van der Waals surface area contributed by atoms with Crippen molar-refractivity contribution in [1.29, 1.82) is 0 Å². The number of aliphatic hydroxyl groups excluding tert-OH is 1. The first-order valence-electron chi connectivity index (χ1n) is 18.6. The molecule has 0 aliphatic heterocycles. The van der Waals surface area contributed by atoms with E-state index >= 15 is 0 Å². The summed E-state index contributed by atoms with van der Waals surface area (Å²) in [6.45, 7) is 5.30. The van der Waals surface area contributed by atoms with Gasteiger partial charge in [0.05, 0.1) is 13.2 Å². The summed E-state index contributed by atoms with van der Waals surface area (Å²) in [6, 6.07) is 0. The van der Waals surface area contributed by atoms with Crippen LogP contribution in [0.4, 0.5) is 0 Å². The molecule has 0 aromatic rings. The molecule has 0 amide bonds. The lowest BCUT2D eigenvalue weighted by Gasteiger charge is -2.15. The van der Waals surface area contributed by atoms with Crippen molar-refractivity contribution in [1.82, 2.24) is 0 Å². The number of esters is 1. The number of rotatable bonds is 34. The molecule has 0 aromatic heterocycles. The molecule has 0 aliphatic carbocycles. The van der Waals surface area contributed by atoms with Gasteiger partial charge < -0.3 is 14.6 Å². The molecule has 0 rings (SSSR count). The molecule has 0 spiro atoms. The van der Waals surface area contributed by atoms with E-state index in [-0.39, 0.29) is 19.2 Å². The molecule has 0 aliphatic rings. The maximum atomic E-state index is 12.1. The molecule has 0 radical (unpaired) electrons. The number of hydrogen-bond donors (Lipinski definition) is 1. The third-order valence-corrected chi connectivity index (χ3v) is 7.94. The quantitative estimate of drug-likeness (QED) is 0.0451. The van der Waals surface area contributed by atoms with E-state index in [0.29, 0.717) is 13.0 Å². The number of unbranched alkanes of at least 4 members (excludes halogenated alkanes) is 20. The minimum absolute atomic E-state index is 0.179. The maximum Gasteiger partial charge on any atom is 0.306 e. The van der Waals surface area contributed by atoms with E-state index in [9.17, 15) is 9.90 Å². The molecular formula is C39H72O4. The molecule has 43 heavy (non-hydrogen) atoms. The molecule has 4 nitrogen and oxygen atoms in total. The number of aliphatic hydroxyl groups is 1. The fourth-order valence-electron chi connectivity index (χ4n) is 5.12. The summed E-state index contributed by atoms with van der Waals surface area (Å²) in [5.41, 5.74) is 0. The van der Waals surface area contributed by atoms with Gasteiger partial charge in [-0.1, -0.05) is 140 Å². The molecule has 1 atom stereocenters. The molecule has 252 valence electrons. The highest BCUT2D eigenvalue weighted by Gasteiger charge is 2.13. The minimum Gasteiger partial charge on any atom is -0.457 e. The van der Waals surface area contributed by atoms with Gasteiger partial charge in [0, 0.05) is 13.0 Å². The summed E-state index contributed by atoms with van der Waals surface area (Å²) in [5, 5.41) is 9.55. The second-order valence-corrected chi connectivity index (χ2v) is 12.3. The Bertz CT molecular complexity index is 639. The van der Waals surface area contributed by atoms with Crippen molar-refractivity contribution in [2.75, 3.05) is 19.8 Å². The molecule has 0 saturated carbocycles. The van der Waals surface area contributed by atoms with Crippen molar-refractivity contribution < 1.29 is 19.4 Å². The van der Waals surface area contributed by atoms with Crippen molar-refractivity contribution in [3.63, 3.8) is 0 Å². The Morgan fingerprint density at radius 2 is 0.977 bits per heavy atom. The minimum atomic E-state index is -0.542. The summed E-state index contributed by atoms with van der Waals surface area (Å²) in [6.07, 6.45) is 44.6. The van der Waals surface area contributed by atoms with Gasteiger partial charge in [0.15, 0.2) is 0 Å². The van der Waals surface area contributed by atoms with E-state index in [0.717, 1.165) is 38.5 Å². The molecule has 0 heterocycles. The van der Waals surface area contributed by atoms with Crippen LogP contribution in [0.3, 0.4) is 0 Å². The number of ether oxygens (including phenoxy) is 2. The molecular weight excluding hydrogens is 532 g/mol.